The Labute approximate surface area is 135 Å². The van der Waals surface area contributed by atoms with Gasteiger partial charge in [-0.2, -0.15) is 0 Å². The summed E-state index contributed by atoms with van der Waals surface area (Å²) >= 11 is 2.79. The van der Waals surface area contributed by atoms with Crippen LogP contribution in [0, 0.1) is 0 Å². The van der Waals surface area contributed by atoms with Crippen molar-refractivity contribution in [2.45, 2.75) is 26.2 Å². The van der Waals surface area contributed by atoms with Crippen molar-refractivity contribution >= 4 is 44.5 Å². The van der Waals surface area contributed by atoms with Crippen molar-refractivity contribution in [3.63, 3.8) is 0 Å². The highest BCUT2D eigenvalue weighted by Crippen LogP contribution is 2.29. The predicted octanol–water partition coefficient (Wildman–Crippen LogP) is 4.33. The Hall–Kier alpha value is -1.92. The van der Waals surface area contributed by atoms with Gasteiger partial charge in [-0.25, -0.2) is 9.97 Å². The summed E-state index contributed by atoms with van der Waals surface area (Å²) in [5, 5.41) is 1.04. The molecule has 0 amide bonds. The zero-order chi connectivity index (χ0) is 15.7. The molecule has 2 heterocycles. The molecule has 0 saturated carbocycles. The summed E-state index contributed by atoms with van der Waals surface area (Å²) in [4.78, 5) is 33.2. The highest BCUT2D eigenvalue weighted by molar-refractivity contribution is 7.20. The Kier molecular flexibility index (Phi) is 4.13. The quantitative estimate of drug-likeness (QED) is 0.653. The Balaban J connectivity index is 1.76. The molecule has 3 aromatic rings. The Morgan fingerprint density at radius 1 is 1.18 bits per heavy atom. The number of thiazole rings is 2. The Bertz CT molecular complexity index is 818. The lowest BCUT2D eigenvalue weighted by molar-refractivity contribution is 0.0974. The first-order valence-electron chi connectivity index (χ1n) is 6.90. The first-order valence-corrected chi connectivity index (χ1v) is 8.53. The average molecular weight is 330 g/mol. The summed E-state index contributed by atoms with van der Waals surface area (Å²) < 4.78 is 1.02. The van der Waals surface area contributed by atoms with Crippen LogP contribution < -0.4 is 0 Å². The van der Waals surface area contributed by atoms with Crippen molar-refractivity contribution in [1.82, 2.24) is 9.97 Å². The largest absolute Gasteiger partial charge is 0.292 e. The third-order valence-corrected chi connectivity index (χ3v) is 5.74. The fraction of sp³-hybridized carbons (Fsp3) is 0.250. The Morgan fingerprint density at radius 2 is 1.95 bits per heavy atom. The topological polar surface area (TPSA) is 59.9 Å². The summed E-state index contributed by atoms with van der Waals surface area (Å²) in [6.45, 7) is 3.47. The van der Waals surface area contributed by atoms with E-state index in [0.29, 0.717) is 16.4 Å². The first kappa shape index (κ1) is 15.0. The number of carbonyl (C=O) groups excluding carboxylic acids is 2. The third-order valence-electron chi connectivity index (χ3n) is 3.33. The van der Waals surface area contributed by atoms with Crippen LogP contribution in [0.3, 0.4) is 0 Å². The van der Waals surface area contributed by atoms with Crippen molar-refractivity contribution in [1.29, 1.82) is 0 Å². The number of fused-ring (bicyclic) bond motifs is 1. The van der Waals surface area contributed by atoms with Crippen molar-refractivity contribution in [3.8, 4) is 0 Å². The van der Waals surface area contributed by atoms with Crippen LogP contribution in [0.5, 0.6) is 0 Å². The SMILES string of the molecule is CC(=O)c1ncc(C(C)CC(=O)c2nc3ccccc3s2)s1. The number of aromatic nitrogens is 2. The van der Waals surface area contributed by atoms with Crippen LogP contribution in [-0.4, -0.2) is 21.5 Å². The van der Waals surface area contributed by atoms with Crippen LogP contribution in [-0.2, 0) is 0 Å². The summed E-state index contributed by atoms with van der Waals surface area (Å²) in [7, 11) is 0. The summed E-state index contributed by atoms with van der Waals surface area (Å²) in [5.41, 5.74) is 0.861. The van der Waals surface area contributed by atoms with Gasteiger partial charge in [0.25, 0.3) is 0 Å². The van der Waals surface area contributed by atoms with Gasteiger partial charge in [0.05, 0.1) is 10.2 Å². The van der Waals surface area contributed by atoms with E-state index >= 15 is 0 Å². The average Bonchev–Trinajstić information content (AvgIpc) is 3.14. The second-order valence-corrected chi connectivity index (χ2v) is 7.23. The van der Waals surface area contributed by atoms with Gasteiger partial charge in [-0.1, -0.05) is 19.1 Å². The molecule has 0 spiro atoms. The van der Waals surface area contributed by atoms with E-state index in [-0.39, 0.29) is 17.5 Å². The molecular weight excluding hydrogens is 316 g/mol. The molecule has 1 unspecified atom stereocenters. The number of hydrogen-bond acceptors (Lipinski definition) is 6. The van der Waals surface area contributed by atoms with E-state index in [1.807, 2.05) is 31.2 Å². The van der Waals surface area contributed by atoms with Gasteiger partial charge in [0.1, 0.15) is 0 Å². The second kappa shape index (κ2) is 6.06. The van der Waals surface area contributed by atoms with E-state index in [4.69, 9.17) is 0 Å². The minimum absolute atomic E-state index is 0.0325. The molecule has 1 atom stereocenters. The number of para-hydroxylation sites is 1. The van der Waals surface area contributed by atoms with E-state index in [1.54, 1.807) is 6.20 Å². The van der Waals surface area contributed by atoms with Crippen molar-refractivity contribution in [3.05, 3.63) is 45.4 Å². The van der Waals surface area contributed by atoms with Crippen LogP contribution >= 0.6 is 22.7 Å². The van der Waals surface area contributed by atoms with Crippen LogP contribution in [0.2, 0.25) is 0 Å². The van der Waals surface area contributed by atoms with Crippen LogP contribution in [0.4, 0.5) is 0 Å². The molecule has 0 fully saturated rings. The predicted molar refractivity (Wildman–Crippen MR) is 89.1 cm³/mol. The van der Waals surface area contributed by atoms with Gasteiger partial charge in [-0.3, -0.25) is 9.59 Å². The van der Waals surface area contributed by atoms with Gasteiger partial charge in [0, 0.05) is 24.4 Å². The molecule has 0 aliphatic rings. The zero-order valence-electron chi connectivity index (χ0n) is 12.2. The van der Waals surface area contributed by atoms with E-state index in [2.05, 4.69) is 9.97 Å². The summed E-state index contributed by atoms with van der Waals surface area (Å²) in [5.74, 6) is 0.0255. The number of hydrogen-bond donors (Lipinski definition) is 0. The number of Topliss-reactive ketones (excluding diaryl/α,β-unsaturated/α-hetero) is 2. The van der Waals surface area contributed by atoms with Crippen molar-refractivity contribution in [2.75, 3.05) is 0 Å². The lowest BCUT2D eigenvalue weighted by Gasteiger charge is -2.05. The van der Waals surface area contributed by atoms with Gasteiger partial charge < -0.3 is 0 Å². The lowest BCUT2D eigenvalue weighted by atomic mass is 10.0. The maximum absolute atomic E-state index is 12.4. The van der Waals surface area contributed by atoms with Crippen molar-refractivity contribution in [2.24, 2.45) is 0 Å². The van der Waals surface area contributed by atoms with Crippen molar-refractivity contribution < 1.29 is 9.59 Å². The number of benzene rings is 1. The zero-order valence-corrected chi connectivity index (χ0v) is 13.8. The van der Waals surface area contributed by atoms with E-state index in [0.717, 1.165) is 15.1 Å². The highest BCUT2D eigenvalue weighted by Gasteiger charge is 2.19. The molecule has 0 N–H and O–H groups in total. The molecule has 0 aliphatic carbocycles. The molecule has 0 aliphatic heterocycles. The fourth-order valence-corrected chi connectivity index (χ4v) is 3.91. The van der Waals surface area contributed by atoms with E-state index < -0.39 is 0 Å². The number of ketones is 2. The first-order chi connectivity index (χ1) is 10.5. The smallest absolute Gasteiger partial charge is 0.192 e. The van der Waals surface area contributed by atoms with Crippen LogP contribution in [0.15, 0.2) is 30.5 Å². The standard InChI is InChI=1S/C16H14N2O2S2/c1-9(14-8-17-15(22-14)10(2)19)7-12(20)16-18-11-5-3-4-6-13(11)21-16/h3-6,8-9H,7H2,1-2H3. The fourth-order valence-electron chi connectivity index (χ4n) is 2.13. The molecule has 4 nitrogen and oxygen atoms in total. The van der Waals surface area contributed by atoms with E-state index in [9.17, 15) is 9.59 Å². The molecular formula is C16H14N2O2S2. The highest BCUT2D eigenvalue weighted by atomic mass is 32.1. The molecule has 2 aromatic heterocycles. The Morgan fingerprint density at radius 3 is 2.64 bits per heavy atom. The normalized spacial score (nSPS) is 12.5. The second-order valence-electron chi connectivity index (χ2n) is 5.14. The molecule has 6 heteroatoms. The minimum atomic E-state index is -0.0408. The molecule has 3 rings (SSSR count). The third kappa shape index (κ3) is 2.98. The molecule has 1 aromatic carbocycles. The molecule has 0 saturated heterocycles. The number of nitrogens with zero attached hydrogens (tertiary/aromatic N) is 2. The monoisotopic (exact) mass is 330 g/mol. The van der Waals surface area contributed by atoms with E-state index in [1.165, 1.54) is 29.6 Å². The summed E-state index contributed by atoms with van der Waals surface area (Å²) in [6.07, 6.45) is 2.07. The molecule has 0 bridgehead atoms. The van der Waals surface area contributed by atoms with Gasteiger partial charge in [-0.15, -0.1) is 22.7 Å². The van der Waals surface area contributed by atoms with Crippen LogP contribution in [0.25, 0.3) is 10.2 Å². The van der Waals surface area contributed by atoms with Gasteiger partial charge >= 0.3 is 0 Å². The van der Waals surface area contributed by atoms with Crippen LogP contribution in [0.1, 0.15) is 50.7 Å². The van der Waals surface area contributed by atoms with Gasteiger partial charge in [0.15, 0.2) is 21.6 Å². The molecule has 112 valence electrons. The number of rotatable bonds is 5. The minimum Gasteiger partial charge on any atom is -0.292 e. The lowest BCUT2D eigenvalue weighted by Crippen LogP contribution is -2.03. The maximum Gasteiger partial charge on any atom is 0.192 e. The number of carbonyl (C=O) groups is 2. The maximum atomic E-state index is 12.4. The molecule has 22 heavy (non-hydrogen) atoms. The van der Waals surface area contributed by atoms with Gasteiger partial charge in [0.2, 0.25) is 0 Å². The van der Waals surface area contributed by atoms with Gasteiger partial charge in [-0.05, 0) is 18.1 Å². The summed E-state index contributed by atoms with van der Waals surface area (Å²) in [6, 6.07) is 7.74. The molecule has 0 radical (unpaired) electrons.